The van der Waals surface area contributed by atoms with Crippen molar-refractivity contribution in [1.82, 2.24) is 15.1 Å². The fraction of sp³-hybridized carbons (Fsp3) is 0.312. The van der Waals surface area contributed by atoms with Gasteiger partial charge in [-0.05, 0) is 79.2 Å². The van der Waals surface area contributed by atoms with Gasteiger partial charge in [0.2, 0.25) is 5.91 Å². The number of anilines is 1. The highest BCUT2D eigenvalue weighted by Gasteiger charge is 2.57. The van der Waals surface area contributed by atoms with E-state index in [2.05, 4.69) is 76.6 Å². The zero-order valence-corrected chi connectivity index (χ0v) is 21.7. The number of nitrogens with zero attached hydrogens (tertiary/aromatic N) is 3. The van der Waals surface area contributed by atoms with Crippen LogP contribution in [0, 0.1) is 5.41 Å². The molecule has 5 nitrogen and oxygen atoms in total. The molecule has 6 rings (SSSR count). The van der Waals surface area contributed by atoms with Crippen LogP contribution in [0.15, 0.2) is 72.8 Å². The van der Waals surface area contributed by atoms with Crippen molar-refractivity contribution in [2.45, 2.75) is 38.6 Å². The summed E-state index contributed by atoms with van der Waals surface area (Å²) < 4.78 is 0. The fourth-order valence-electron chi connectivity index (χ4n) is 5.75. The van der Waals surface area contributed by atoms with Gasteiger partial charge in [-0.15, -0.1) is 0 Å². The zero-order valence-electron chi connectivity index (χ0n) is 21.7. The molecular formula is C32H34N4O. The van der Waals surface area contributed by atoms with Crippen LogP contribution in [0.25, 0.3) is 23.1 Å². The van der Waals surface area contributed by atoms with E-state index in [9.17, 15) is 4.79 Å². The summed E-state index contributed by atoms with van der Waals surface area (Å²) in [5.74, 6) is 0.389. The fourth-order valence-corrected chi connectivity index (χ4v) is 5.75. The summed E-state index contributed by atoms with van der Waals surface area (Å²) in [6.45, 7) is 5.57. The predicted octanol–water partition coefficient (Wildman–Crippen LogP) is 6.49. The molecule has 1 saturated heterocycles. The second kappa shape index (κ2) is 9.64. The number of amides is 1. The molecule has 0 unspecified atom stereocenters. The van der Waals surface area contributed by atoms with E-state index in [0.29, 0.717) is 0 Å². The number of fused-ring (bicyclic) bond motifs is 1. The number of hydrogen-bond donors (Lipinski definition) is 1. The molecule has 3 aromatic carbocycles. The van der Waals surface area contributed by atoms with Crippen molar-refractivity contribution < 1.29 is 4.79 Å². The Balaban J connectivity index is 1.14. The quantitative estimate of drug-likeness (QED) is 0.322. The van der Waals surface area contributed by atoms with Crippen LogP contribution in [0.1, 0.15) is 54.5 Å². The summed E-state index contributed by atoms with van der Waals surface area (Å²) in [6.07, 6.45) is 7.71. The Morgan fingerprint density at radius 3 is 2.57 bits per heavy atom. The summed E-state index contributed by atoms with van der Waals surface area (Å²) in [5, 5.41) is 8.86. The van der Waals surface area contributed by atoms with Gasteiger partial charge in [0.25, 0.3) is 0 Å². The lowest BCUT2D eigenvalue weighted by Gasteiger charge is -2.22. The zero-order chi connectivity index (χ0) is 25.4. The van der Waals surface area contributed by atoms with E-state index in [1.165, 1.54) is 42.6 Å². The molecule has 0 spiro atoms. The van der Waals surface area contributed by atoms with Crippen LogP contribution in [0.2, 0.25) is 0 Å². The van der Waals surface area contributed by atoms with E-state index in [1.54, 1.807) is 4.90 Å². The topological polar surface area (TPSA) is 52.2 Å². The minimum Gasteiger partial charge on any atom is -0.315 e. The molecule has 2 heterocycles. The maximum Gasteiger partial charge on any atom is 0.233 e. The lowest BCUT2D eigenvalue weighted by atomic mass is 9.98. The number of carbonyl (C=O) groups excluding carboxylic acids is 1. The lowest BCUT2D eigenvalue weighted by Crippen LogP contribution is -2.33. The highest BCUT2D eigenvalue weighted by Crippen LogP contribution is 2.60. The predicted molar refractivity (Wildman–Crippen MR) is 151 cm³/mol. The number of para-hydroxylation sites is 1. The third kappa shape index (κ3) is 4.72. The Labute approximate surface area is 218 Å². The molecule has 1 N–H and O–H groups in total. The molecule has 2 fully saturated rings. The van der Waals surface area contributed by atoms with Gasteiger partial charge in [-0.2, -0.15) is 5.10 Å². The van der Waals surface area contributed by atoms with Gasteiger partial charge in [-0.25, -0.2) is 0 Å². The molecule has 0 bridgehead atoms. The molecule has 5 heteroatoms. The average Bonchev–Trinajstić information content (AvgIpc) is 3.24. The van der Waals surface area contributed by atoms with E-state index in [1.807, 2.05) is 37.4 Å². The number of H-pyrrole nitrogens is 1. The van der Waals surface area contributed by atoms with Crippen molar-refractivity contribution in [1.29, 1.82) is 0 Å². The molecule has 1 aliphatic carbocycles. The Kier molecular flexibility index (Phi) is 6.17. The number of aromatic amines is 1. The van der Waals surface area contributed by atoms with E-state index in [0.717, 1.165) is 35.2 Å². The molecular weight excluding hydrogens is 456 g/mol. The van der Waals surface area contributed by atoms with Crippen LogP contribution in [0.5, 0.6) is 0 Å². The summed E-state index contributed by atoms with van der Waals surface area (Å²) in [4.78, 5) is 17.6. The third-order valence-electron chi connectivity index (χ3n) is 8.21. The number of benzene rings is 3. The van der Waals surface area contributed by atoms with E-state index >= 15 is 0 Å². The summed E-state index contributed by atoms with van der Waals surface area (Å²) >= 11 is 0. The highest BCUT2D eigenvalue weighted by molar-refractivity contribution is 6.00. The van der Waals surface area contributed by atoms with Crippen LogP contribution < -0.4 is 4.90 Å². The Bertz CT molecular complexity index is 1430. The van der Waals surface area contributed by atoms with Gasteiger partial charge in [0.15, 0.2) is 0 Å². The number of likely N-dealkylation sites (tertiary alicyclic amines) is 1. The van der Waals surface area contributed by atoms with E-state index in [-0.39, 0.29) is 17.2 Å². The van der Waals surface area contributed by atoms with Gasteiger partial charge in [0.1, 0.15) is 0 Å². The molecule has 4 aromatic rings. The summed E-state index contributed by atoms with van der Waals surface area (Å²) in [7, 11) is 1.87. The van der Waals surface area contributed by atoms with Crippen LogP contribution in [-0.2, 0) is 11.3 Å². The van der Waals surface area contributed by atoms with Crippen molar-refractivity contribution in [3.8, 4) is 0 Å². The molecule has 1 saturated carbocycles. The Hall–Kier alpha value is -3.70. The first-order chi connectivity index (χ1) is 18.0. The van der Waals surface area contributed by atoms with Gasteiger partial charge in [-0.1, -0.05) is 67.6 Å². The first-order valence-corrected chi connectivity index (χ1v) is 13.3. The van der Waals surface area contributed by atoms with Gasteiger partial charge < -0.3 is 4.90 Å². The summed E-state index contributed by atoms with van der Waals surface area (Å²) in [5.41, 5.74) is 6.24. The highest BCUT2D eigenvalue weighted by atomic mass is 16.2. The average molecular weight is 491 g/mol. The van der Waals surface area contributed by atoms with Gasteiger partial charge in [-0.3, -0.25) is 14.8 Å². The number of aromatic nitrogens is 2. The maximum absolute atomic E-state index is 13.3. The third-order valence-corrected chi connectivity index (χ3v) is 8.21. The number of hydrogen-bond acceptors (Lipinski definition) is 3. The molecule has 2 atom stereocenters. The Morgan fingerprint density at radius 1 is 1.05 bits per heavy atom. The number of carbonyl (C=O) groups is 1. The van der Waals surface area contributed by atoms with Crippen LogP contribution in [-0.4, -0.2) is 41.1 Å². The van der Waals surface area contributed by atoms with E-state index < -0.39 is 0 Å². The van der Waals surface area contributed by atoms with Crippen LogP contribution in [0.3, 0.4) is 0 Å². The SMILES string of the molecule is CN(C(=O)[C@]1(C)C[C@H]1c1ccc2c(/C=C/c3ccc(CN4CCCC4)cc3)n[nH]c2c1)c1ccccc1. The largest absolute Gasteiger partial charge is 0.315 e. The normalized spacial score (nSPS) is 21.6. The van der Waals surface area contributed by atoms with Crippen LogP contribution in [0.4, 0.5) is 5.69 Å². The van der Waals surface area contributed by atoms with Gasteiger partial charge >= 0.3 is 0 Å². The van der Waals surface area contributed by atoms with Gasteiger partial charge in [0.05, 0.1) is 16.6 Å². The van der Waals surface area contributed by atoms with Crippen molar-refractivity contribution in [2.75, 3.05) is 25.0 Å². The second-order valence-electron chi connectivity index (χ2n) is 10.8. The molecule has 1 aromatic heterocycles. The van der Waals surface area contributed by atoms with Crippen LogP contribution >= 0.6 is 0 Å². The maximum atomic E-state index is 13.3. The first-order valence-electron chi connectivity index (χ1n) is 13.3. The smallest absolute Gasteiger partial charge is 0.233 e. The van der Waals surface area contributed by atoms with Crippen molar-refractivity contribution in [2.24, 2.45) is 5.41 Å². The molecule has 1 aliphatic heterocycles. The van der Waals surface area contributed by atoms with Crippen molar-refractivity contribution in [3.63, 3.8) is 0 Å². The number of nitrogens with one attached hydrogen (secondary N) is 1. The second-order valence-corrected chi connectivity index (χ2v) is 10.8. The minimum atomic E-state index is -0.373. The number of rotatable bonds is 7. The summed E-state index contributed by atoms with van der Waals surface area (Å²) in [6, 6.07) is 25.2. The monoisotopic (exact) mass is 490 g/mol. The molecule has 1 amide bonds. The minimum absolute atomic E-state index is 0.170. The molecule has 37 heavy (non-hydrogen) atoms. The van der Waals surface area contributed by atoms with Gasteiger partial charge in [0, 0.05) is 24.7 Å². The first kappa shape index (κ1) is 23.7. The molecule has 188 valence electrons. The van der Waals surface area contributed by atoms with Crippen molar-refractivity contribution in [3.05, 3.63) is 95.2 Å². The van der Waals surface area contributed by atoms with Crippen molar-refractivity contribution >= 4 is 34.6 Å². The van der Waals surface area contributed by atoms with E-state index in [4.69, 9.17) is 0 Å². The molecule has 2 aliphatic rings. The standard InChI is InChI=1S/C32H34N4O/c1-32(31(37)35(2)26-8-4-3-5-9-26)21-28(32)25-15-16-27-29(33-34-30(27)20-25)17-14-23-10-12-24(13-11-23)22-36-18-6-7-19-36/h3-5,8-17,20,28H,6-7,18-19,21-22H2,1-2H3,(H,33,34)/b17-14+/t28-,32+/m0/s1. The lowest BCUT2D eigenvalue weighted by molar-refractivity contribution is -0.123. The molecule has 0 radical (unpaired) electrons. The Morgan fingerprint density at radius 2 is 1.81 bits per heavy atom.